The second kappa shape index (κ2) is 9.34. The fourth-order valence-corrected chi connectivity index (χ4v) is 2.50. The summed E-state index contributed by atoms with van der Waals surface area (Å²) in [6.07, 6.45) is 6.45. The van der Waals surface area contributed by atoms with E-state index in [1.165, 1.54) is 6.20 Å². The summed E-state index contributed by atoms with van der Waals surface area (Å²) in [6.45, 7) is 0. The number of nitrogens with zero attached hydrogens (tertiary/aromatic N) is 2. The maximum atomic E-state index is 11.8. The summed E-state index contributed by atoms with van der Waals surface area (Å²) in [6, 6.07) is 13.2. The van der Waals surface area contributed by atoms with E-state index in [0.29, 0.717) is 5.56 Å². The smallest absolute Gasteiger partial charge is 0.322 e. The topological polar surface area (TPSA) is 121 Å². The highest BCUT2D eigenvalue weighted by atomic mass is 16.4. The van der Waals surface area contributed by atoms with Crippen molar-refractivity contribution in [3.05, 3.63) is 94.7 Å². The van der Waals surface area contributed by atoms with Crippen molar-refractivity contribution >= 4 is 22.6 Å². The Morgan fingerprint density at radius 3 is 2.28 bits per heavy atom. The van der Waals surface area contributed by atoms with Gasteiger partial charge in [-0.15, -0.1) is 0 Å². The summed E-state index contributed by atoms with van der Waals surface area (Å²) in [7, 11) is 0. The lowest BCUT2D eigenvalue weighted by Gasteiger charge is -2.15. The van der Waals surface area contributed by atoms with Crippen LogP contribution >= 0.6 is 0 Å². The summed E-state index contributed by atoms with van der Waals surface area (Å²) in [5.41, 5.74) is 6.31. The molecule has 2 heterocycles. The average molecular weight is 390 g/mol. The molecule has 0 aliphatic heterocycles. The molecule has 2 aromatic heterocycles. The van der Waals surface area contributed by atoms with E-state index in [1.807, 2.05) is 30.3 Å². The minimum absolute atomic E-state index is 0.155. The average Bonchev–Trinajstić information content (AvgIpc) is 3.42. The summed E-state index contributed by atoms with van der Waals surface area (Å²) >= 11 is 0. The molecule has 2 aromatic carbocycles. The highest BCUT2D eigenvalue weighted by Crippen LogP contribution is 2.09. The van der Waals surface area contributed by atoms with E-state index in [0.717, 1.165) is 16.3 Å². The van der Waals surface area contributed by atoms with Crippen molar-refractivity contribution in [1.82, 2.24) is 20.8 Å². The molecule has 0 bridgehead atoms. The van der Waals surface area contributed by atoms with Crippen molar-refractivity contribution in [3.63, 3.8) is 0 Å². The van der Waals surface area contributed by atoms with Crippen molar-refractivity contribution in [2.24, 2.45) is 0 Å². The first kappa shape index (κ1) is 19.8. The molecule has 8 heteroatoms. The minimum atomic E-state index is -1.04. The Kier molecular flexibility index (Phi) is 6.39. The lowest BCUT2D eigenvalue weighted by atomic mass is 10.1. The number of benzene rings is 1. The van der Waals surface area contributed by atoms with E-state index >= 15 is 0 Å². The molecule has 29 heavy (non-hydrogen) atoms. The van der Waals surface area contributed by atoms with Crippen LogP contribution in [0.25, 0.3) is 10.8 Å². The molecular formula is C21H18N4O4. The quantitative estimate of drug-likeness (QED) is 0.426. The number of carbonyl (C=O) groups excluding carboxylic acids is 1. The first-order valence-corrected chi connectivity index (χ1v) is 8.77. The fraction of sp³-hybridized carbons (Fsp3) is 0.0952. The number of carboxylic acid groups (broad SMARTS) is 1. The lowest BCUT2D eigenvalue weighted by Crippen LogP contribution is -2.49. The molecule has 1 amide bonds. The lowest BCUT2D eigenvalue weighted by molar-refractivity contribution is -0.139. The standard InChI is InChI=1S/C15H15N3O3.C6H3NO/c19-14(12-7-4-8-16-10-12)18-17-13(15(20)21)9-11-5-2-1-3-6-11;8-6-4-1-2-7-3-5(4)6/h1-8,10,13,17H,9H2,(H,18,19)(H,20,21);1-3H. The normalized spacial score (nSPS) is 11.4. The van der Waals surface area contributed by atoms with Crippen molar-refractivity contribution in [3.8, 4) is 0 Å². The van der Waals surface area contributed by atoms with E-state index < -0.39 is 17.9 Å². The molecule has 0 aliphatic carbocycles. The van der Waals surface area contributed by atoms with Gasteiger partial charge in [0.2, 0.25) is 0 Å². The van der Waals surface area contributed by atoms with E-state index in [1.54, 1.807) is 36.8 Å². The number of carboxylic acids is 1. The van der Waals surface area contributed by atoms with Gasteiger partial charge in [0.1, 0.15) is 6.04 Å². The summed E-state index contributed by atoms with van der Waals surface area (Å²) < 4.78 is 0. The molecule has 4 aromatic rings. The Hall–Kier alpha value is -3.91. The maximum Gasteiger partial charge on any atom is 0.322 e. The summed E-state index contributed by atoms with van der Waals surface area (Å²) in [5, 5.41) is 10.8. The maximum absolute atomic E-state index is 11.8. The highest BCUT2D eigenvalue weighted by Gasteiger charge is 2.18. The second-order valence-corrected chi connectivity index (χ2v) is 6.17. The zero-order valence-corrected chi connectivity index (χ0v) is 15.3. The molecule has 0 spiro atoms. The van der Waals surface area contributed by atoms with Crippen LogP contribution in [0.3, 0.4) is 0 Å². The number of pyridine rings is 2. The minimum Gasteiger partial charge on any atom is -0.480 e. The van der Waals surface area contributed by atoms with Crippen LogP contribution in [-0.4, -0.2) is 33.0 Å². The molecule has 3 N–H and O–H groups in total. The number of rotatable bonds is 6. The van der Waals surface area contributed by atoms with Crippen LogP contribution in [0.1, 0.15) is 15.9 Å². The molecule has 4 rings (SSSR count). The van der Waals surface area contributed by atoms with Gasteiger partial charge in [-0.1, -0.05) is 30.3 Å². The molecule has 1 atom stereocenters. The molecule has 0 fully saturated rings. The van der Waals surface area contributed by atoms with Crippen molar-refractivity contribution in [2.45, 2.75) is 12.5 Å². The fourth-order valence-electron chi connectivity index (χ4n) is 2.50. The Morgan fingerprint density at radius 2 is 1.69 bits per heavy atom. The van der Waals surface area contributed by atoms with Crippen LogP contribution < -0.4 is 16.3 Å². The molecule has 1 unspecified atom stereocenters. The first-order valence-electron chi connectivity index (χ1n) is 8.77. The summed E-state index contributed by atoms with van der Waals surface area (Å²) in [5.74, 6) is -1.47. The van der Waals surface area contributed by atoms with Gasteiger partial charge in [0, 0.05) is 36.6 Å². The molecule has 0 saturated carbocycles. The van der Waals surface area contributed by atoms with Crippen LogP contribution in [0.15, 0.2) is 78.1 Å². The Balaban J connectivity index is 0.000000246. The molecular weight excluding hydrogens is 372 g/mol. The van der Waals surface area contributed by atoms with Crippen LogP contribution in [0.5, 0.6) is 0 Å². The van der Waals surface area contributed by atoms with Gasteiger partial charge >= 0.3 is 5.97 Å². The van der Waals surface area contributed by atoms with E-state index in [2.05, 4.69) is 20.8 Å². The molecule has 0 saturated heterocycles. The number of amides is 1. The predicted octanol–water partition coefficient (Wildman–Crippen LogP) is 1.48. The van der Waals surface area contributed by atoms with Gasteiger partial charge in [-0.2, -0.15) is 0 Å². The number of hydrogen-bond acceptors (Lipinski definition) is 6. The number of hydrogen-bond donors (Lipinski definition) is 3. The van der Waals surface area contributed by atoms with Crippen LogP contribution in [0.2, 0.25) is 0 Å². The van der Waals surface area contributed by atoms with E-state index in [-0.39, 0.29) is 11.8 Å². The zero-order valence-electron chi connectivity index (χ0n) is 15.3. The largest absolute Gasteiger partial charge is 0.480 e. The third-order valence-electron chi connectivity index (χ3n) is 4.11. The van der Waals surface area contributed by atoms with Crippen LogP contribution in [0, 0.1) is 0 Å². The van der Waals surface area contributed by atoms with E-state index in [4.69, 9.17) is 0 Å². The van der Waals surface area contributed by atoms with Crippen molar-refractivity contribution in [1.29, 1.82) is 0 Å². The van der Waals surface area contributed by atoms with Gasteiger partial charge in [0.05, 0.1) is 10.9 Å². The van der Waals surface area contributed by atoms with Crippen LogP contribution in [-0.2, 0) is 11.2 Å². The number of nitrogens with one attached hydrogen (secondary N) is 2. The molecule has 146 valence electrons. The Morgan fingerprint density at radius 1 is 0.931 bits per heavy atom. The number of aliphatic carboxylic acids is 1. The third-order valence-corrected chi connectivity index (χ3v) is 4.11. The van der Waals surface area contributed by atoms with Gasteiger partial charge in [0.15, 0.2) is 5.43 Å². The highest BCUT2D eigenvalue weighted by molar-refractivity contribution is 5.96. The summed E-state index contributed by atoms with van der Waals surface area (Å²) in [4.78, 5) is 41.1. The van der Waals surface area contributed by atoms with Gasteiger partial charge in [-0.25, -0.2) is 5.43 Å². The Bertz CT molecular complexity index is 1070. The van der Waals surface area contributed by atoms with Gasteiger partial charge < -0.3 is 5.11 Å². The van der Waals surface area contributed by atoms with Crippen molar-refractivity contribution < 1.29 is 14.7 Å². The molecule has 0 radical (unpaired) electrons. The zero-order chi connectivity index (χ0) is 20.6. The number of hydrazine groups is 1. The molecule has 8 nitrogen and oxygen atoms in total. The SMILES string of the molecule is O=C(NNC(Cc1ccccc1)C(=O)O)c1cccnc1.O=c1c2ccncc12. The monoisotopic (exact) mass is 390 g/mol. The number of carbonyl (C=O) groups is 2. The molecule has 0 aliphatic rings. The third kappa shape index (κ3) is 5.53. The first-order chi connectivity index (χ1) is 14.1. The van der Waals surface area contributed by atoms with Crippen LogP contribution in [0.4, 0.5) is 0 Å². The number of aromatic nitrogens is 2. The van der Waals surface area contributed by atoms with Gasteiger partial charge in [-0.05, 0) is 23.8 Å². The van der Waals surface area contributed by atoms with Gasteiger partial charge in [0.25, 0.3) is 5.91 Å². The number of fused-ring (bicyclic) bond motifs is 1. The van der Waals surface area contributed by atoms with E-state index in [9.17, 15) is 19.5 Å². The Labute approximate surface area is 165 Å². The van der Waals surface area contributed by atoms with Gasteiger partial charge in [-0.3, -0.25) is 29.8 Å². The predicted molar refractivity (Wildman–Crippen MR) is 107 cm³/mol. The second-order valence-electron chi connectivity index (χ2n) is 6.17. The van der Waals surface area contributed by atoms with Crippen molar-refractivity contribution in [2.75, 3.05) is 0 Å².